The zero-order valence-corrected chi connectivity index (χ0v) is 18.6. The highest BCUT2D eigenvalue weighted by Crippen LogP contribution is 2.43. The van der Waals surface area contributed by atoms with Crippen molar-refractivity contribution in [3.8, 4) is 5.69 Å². The van der Waals surface area contributed by atoms with E-state index < -0.39 is 16.0 Å². The second-order valence-electron chi connectivity index (χ2n) is 8.47. The van der Waals surface area contributed by atoms with Crippen molar-refractivity contribution in [1.82, 2.24) is 25.5 Å². The Morgan fingerprint density at radius 2 is 1.91 bits per heavy atom. The molecule has 3 aromatic rings. The Morgan fingerprint density at radius 1 is 1.09 bits per heavy atom. The molecule has 1 saturated carbocycles. The van der Waals surface area contributed by atoms with E-state index in [0.717, 1.165) is 44.2 Å². The van der Waals surface area contributed by atoms with E-state index in [2.05, 4.69) is 25.6 Å². The summed E-state index contributed by atoms with van der Waals surface area (Å²) >= 11 is 0. The molecule has 1 aliphatic heterocycles. The van der Waals surface area contributed by atoms with Gasteiger partial charge in [-0.15, -0.1) is 5.10 Å². The number of carboxylic acids is 1. The van der Waals surface area contributed by atoms with Crippen LogP contribution in [0.5, 0.6) is 0 Å². The molecule has 2 aliphatic rings. The van der Waals surface area contributed by atoms with E-state index in [1.165, 1.54) is 23.1 Å². The number of anilines is 1. The van der Waals surface area contributed by atoms with Crippen LogP contribution in [-0.2, 0) is 10.0 Å². The van der Waals surface area contributed by atoms with Crippen molar-refractivity contribution in [1.29, 1.82) is 0 Å². The number of benzene rings is 2. The summed E-state index contributed by atoms with van der Waals surface area (Å²) in [4.78, 5) is 11.5. The molecule has 33 heavy (non-hydrogen) atoms. The summed E-state index contributed by atoms with van der Waals surface area (Å²) < 4.78 is 31.4. The first kappa shape index (κ1) is 21.5. The summed E-state index contributed by atoms with van der Waals surface area (Å²) in [7, 11) is -4.05. The molecule has 3 N–H and O–H groups in total. The van der Waals surface area contributed by atoms with E-state index in [-0.39, 0.29) is 22.4 Å². The third-order valence-corrected chi connectivity index (χ3v) is 7.57. The van der Waals surface area contributed by atoms with Crippen molar-refractivity contribution in [2.75, 3.05) is 11.3 Å². The lowest BCUT2D eigenvalue weighted by molar-refractivity contribution is 0.0696. The highest BCUT2D eigenvalue weighted by molar-refractivity contribution is 7.92. The third-order valence-electron chi connectivity index (χ3n) is 6.15. The van der Waals surface area contributed by atoms with E-state index in [1.54, 1.807) is 12.1 Å². The first-order chi connectivity index (χ1) is 15.9. The van der Waals surface area contributed by atoms with Gasteiger partial charge in [0.15, 0.2) is 0 Å². The molecule has 0 spiro atoms. The molecule has 10 nitrogen and oxygen atoms in total. The normalized spacial score (nSPS) is 18.7. The van der Waals surface area contributed by atoms with Gasteiger partial charge < -0.3 is 10.4 Å². The number of carbonyl (C=O) groups is 1. The van der Waals surface area contributed by atoms with E-state index in [4.69, 9.17) is 0 Å². The highest BCUT2D eigenvalue weighted by atomic mass is 32.2. The molecule has 1 aromatic heterocycles. The van der Waals surface area contributed by atoms with Gasteiger partial charge in [0.1, 0.15) is 6.33 Å². The van der Waals surface area contributed by atoms with Crippen LogP contribution in [0.15, 0.2) is 47.6 Å². The number of aromatic nitrogens is 4. The lowest BCUT2D eigenvalue weighted by Gasteiger charge is -2.26. The van der Waals surface area contributed by atoms with Gasteiger partial charge in [0, 0.05) is 6.04 Å². The minimum Gasteiger partial charge on any atom is -0.478 e. The maximum Gasteiger partial charge on any atom is 0.335 e. The molecule has 0 radical (unpaired) electrons. The maximum atomic E-state index is 13.6. The Balaban J connectivity index is 1.58. The van der Waals surface area contributed by atoms with Crippen molar-refractivity contribution in [2.45, 2.75) is 49.0 Å². The van der Waals surface area contributed by atoms with E-state index in [1.807, 2.05) is 12.1 Å². The van der Waals surface area contributed by atoms with Gasteiger partial charge in [0.2, 0.25) is 0 Å². The van der Waals surface area contributed by atoms with Gasteiger partial charge in [-0.3, -0.25) is 4.72 Å². The van der Waals surface area contributed by atoms with Gasteiger partial charge in [-0.05, 0) is 84.0 Å². The highest BCUT2D eigenvalue weighted by Gasteiger charge is 2.32. The molecular formula is C22H24N6O4S. The topological polar surface area (TPSA) is 139 Å². The van der Waals surface area contributed by atoms with Gasteiger partial charge in [-0.25, -0.2) is 17.9 Å². The van der Waals surface area contributed by atoms with E-state index >= 15 is 0 Å². The number of nitrogens with zero attached hydrogens (tertiary/aromatic N) is 4. The van der Waals surface area contributed by atoms with Gasteiger partial charge in [0.05, 0.1) is 21.8 Å². The Bertz CT molecular complexity index is 1280. The Morgan fingerprint density at radius 3 is 2.58 bits per heavy atom. The Labute approximate surface area is 191 Å². The van der Waals surface area contributed by atoms with Gasteiger partial charge in [-0.2, -0.15) is 0 Å². The molecule has 0 amide bonds. The summed E-state index contributed by atoms with van der Waals surface area (Å²) in [5, 5.41) is 24.1. The van der Waals surface area contributed by atoms with Crippen molar-refractivity contribution in [2.24, 2.45) is 0 Å². The molecular weight excluding hydrogens is 444 g/mol. The van der Waals surface area contributed by atoms with E-state index in [0.29, 0.717) is 16.9 Å². The number of carboxylic acid groups (broad SMARTS) is 1. The molecule has 1 atom stereocenters. The number of tetrazole rings is 1. The summed E-state index contributed by atoms with van der Waals surface area (Å²) in [5.74, 6) is -1.03. The van der Waals surface area contributed by atoms with Crippen molar-refractivity contribution >= 4 is 21.7 Å². The molecule has 2 aromatic carbocycles. The number of nitrogens with one attached hydrogen (secondary N) is 2. The van der Waals surface area contributed by atoms with Gasteiger partial charge in [0.25, 0.3) is 10.0 Å². The molecule has 1 aliphatic carbocycles. The lowest BCUT2D eigenvalue weighted by Crippen LogP contribution is -2.28. The molecule has 0 bridgehead atoms. The van der Waals surface area contributed by atoms with Crippen LogP contribution in [0.2, 0.25) is 0 Å². The third kappa shape index (κ3) is 4.46. The fourth-order valence-corrected chi connectivity index (χ4v) is 5.71. The molecule has 5 rings (SSSR count). The fourth-order valence-electron chi connectivity index (χ4n) is 4.31. The summed E-state index contributed by atoms with van der Waals surface area (Å²) in [6, 6.07) is 9.78. The average Bonchev–Trinajstić information content (AvgIpc) is 3.52. The van der Waals surface area contributed by atoms with Crippen LogP contribution in [0, 0.1) is 0 Å². The standard InChI is InChI=1S/C22H24N6O4S/c29-22(30)15-6-8-17(14-4-5-14)21(11-15)33(31,32)25-20-12-16(28-13-24-26-27-28)7-9-18(20)19-3-1-2-10-23-19/h6-9,11-14,19,23,25H,1-5,10H2,(H,29,30). The van der Waals surface area contributed by atoms with Gasteiger partial charge in [-0.1, -0.05) is 18.6 Å². The monoisotopic (exact) mass is 468 g/mol. The maximum absolute atomic E-state index is 13.6. The predicted octanol–water partition coefficient (Wildman–Crippen LogP) is 2.85. The number of hydrogen-bond acceptors (Lipinski definition) is 7. The van der Waals surface area contributed by atoms with Crippen molar-refractivity contribution in [3.05, 3.63) is 59.4 Å². The quantitative estimate of drug-likeness (QED) is 0.481. The first-order valence-electron chi connectivity index (χ1n) is 10.9. The second-order valence-corrected chi connectivity index (χ2v) is 10.1. The molecule has 172 valence electrons. The molecule has 2 heterocycles. The van der Waals surface area contributed by atoms with Crippen molar-refractivity contribution in [3.63, 3.8) is 0 Å². The minimum atomic E-state index is -4.05. The molecule has 1 saturated heterocycles. The van der Waals surface area contributed by atoms with Crippen LogP contribution in [0.4, 0.5) is 5.69 Å². The number of hydrogen-bond donors (Lipinski definition) is 3. The van der Waals surface area contributed by atoms with Crippen LogP contribution in [0.1, 0.15) is 65.5 Å². The van der Waals surface area contributed by atoms with E-state index in [9.17, 15) is 18.3 Å². The summed E-state index contributed by atoms with van der Waals surface area (Å²) in [6.07, 6.45) is 6.23. The molecule has 1 unspecified atom stereocenters. The zero-order valence-electron chi connectivity index (χ0n) is 17.8. The van der Waals surface area contributed by atoms with Crippen LogP contribution < -0.4 is 10.0 Å². The Kier molecular flexibility index (Phi) is 5.59. The summed E-state index contributed by atoms with van der Waals surface area (Å²) in [6.45, 7) is 0.859. The second kappa shape index (κ2) is 8.56. The number of rotatable bonds is 7. The van der Waals surface area contributed by atoms with Crippen LogP contribution in [0.3, 0.4) is 0 Å². The first-order valence-corrected chi connectivity index (χ1v) is 12.4. The summed E-state index contributed by atoms with van der Waals surface area (Å²) in [5.41, 5.74) is 2.46. The van der Waals surface area contributed by atoms with Gasteiger partial charge >= 0.3 is 5.97 Å². The van der Waals surface area contributed by atoms with Crippen LogP contribution >= 0.6 is 0 Å². The minimum absolute atomic E-state index is 0.00706. The zero-order chi connectivity index (χ0) is 23.0. The number of piperidine rings is 1. The smallest absolute Gasteiger partial charge is 0.335 e. The predicted molar refractivity (Wildman–Crippen MR) is 120 cm³/mol. The average molecular weight is 469 g/mol. The van der Waals surface area contributed by atoms with Crippen molar-refractivity contribution < 1.29 is 18.3 Å². The SMILES string of the molecule is O=C(O)c1ccc(C2CC2)c(S(=O)(=O)Nc2cc(-n3cnnn3)ccc2C2CCCCN2)c1. The van der Waals surface area contributed by atoms with Crippen LogP contribution in [-0.4, -0.2) is 46.2 Å². The largest absolute Gasteiger partial charge is 0.478 e. The van der Waals surface area contributed by atoms with Crippen LogP contribution in [0.25, 0.3) is 5.69 Å². The number of sulfonamides is 1. The molecule has 2 fully saturated rings. The Hall–Kier alpha value is -3.31. The fraction of sp³-hybridized carbons (Fsp3) is 0.364. The number of aromatic carboxylic acids is 1. The lowest BCUT2D eigenvalue weighted by atomic mass is 9.96. The molecule has 11 heteroatoms.